The van der Waals surface area contributed by atoms with Crippen molar-refractivity contribution in [1.82, 2.24) is 10.6 Å². The monoisotopic (exact) mass is 367 g/mol. The molecule has 6 heteroatoms. The van der Waals surface area contributed by atoms with Gasteiger partial charge in [0, 0.05) is 11.4 Å². The van der Waals surface area contributed by atoms with Crippen molar-refractivity contribution in [1.29, 1.82) is 0 Å². The molecule has 0 saturated carbocycles. The maximum absolute atomic E-state index is 13.1. The lowest BCUT2D eigenvalue weighted by atomic mass is 9.94. The molecule has 0 fully saturated rings. The van der Waals surface area contributed by atoms with Gasteiger partial charge in [0.15, 0.2) is 5.11 Å². The smallest absolute Gasteiger partial charge is 0.255 e. The molecular formula is C20H21N3O2S. The maximum atomic E-state index is 13.1. The molecule has 2 aromatic rings. The van der Waals surface area contributed by atoms with Crippen molar-refractivity contribution in [3.05, 3.63) is 70.4 Å². The normalized spacial score (nSPS) is 16.7. The van der Waals surface area contributed by atoms with Crippen LogP contribution in [0.2, 0.25) is 0 Å². The van der Waals surface area contributed by atoms with Crippen LogP contribution in [-0.4, -0.2) is 16.1 Å². The van der Waals surface area contributed by atoms with Crippen LogP contribution in [0.15, 0.2) is 53.7 Å². The molecule has 0 bridgehead atoms. The lowest BCUT2D eigenvalue weighted by Gasteiger charge is -2.30. The van der Waals surface area contributed by atoms with Gasteiger partial charge in [-0.3, -0.25) is 4.79 Å². The molecule has 0 aromatic heterocycles. The summed E-state index contributed by atoms with van der Waals surface area (Å²) in [5.41, 5.74) is 4.97. The first-order valence-corrected chi connectivity index (χ1v) is 8.72. The number of benzene rings is 2. The van der Waals surface area contributed by atoms with Gasteiger partial charge in [0.2, 0.25) is 0 Å². The Bertz CT molecular complexity index is 904. The third-order valence-electron chi connectivity index (χ3n) is 4.38. The fraction of sp³-hybridized carbons (Fsp3) is 0.200. The number of phenols is 1. The summed E-state index contributed by atoms with van der Waals surface area (Å²) in [5.74, 6) is -0.0240. The lowest BCUT2D eigenvalue weighted by Crippen LogP contribution is -2.45. The van der Waals surface area contributed by atoms with Crippen LogP contribution >= 0.6 is 12.2 Å². The number of phenolic OH excluding ortho intramolecular Hbond substituents is 1. The van der Waals surface area contributed by atoms with Crippen molar-refractivity contribution < 1.29 is 9.90 Å². The van der Waals surface area contributed by atoms with Gasteiger partial charge in [-0.25, -0.2) is 0 Å². The van der Waals surface area contributed by atoms with Crippen molar-refractivity contribution in [2.24, 2.45) is 0 Å². The molecule has 26 heavy (non-hydrogen) atoms. The van der Waals surface area contributed by atoms with Crippen molar-refractivity contribution in [2.45, 2.75) is 26.8 Å². The Kier molecular flexibility index (Phi) is 4.95. The molecule has 1 amide bonds. The van der Waals surface area contributed by atoms with Crippen LogP contribution in [0.5, 0.6) is 5.75 Å². The molecule has 1 atom stereocenters. The molecule has 1 heterocycles. The quantitative estimate of drug-likeness (QED) is 0.626. The fourth-order valence-corrected chi connectivity index (χ4v) is 3.24. The number of rotatable bonds is 3. The van der Waals surface area contributed by atoms with Gasteiger partial charge in [0.05, 0.1) is 11.6 Å². The topological polar surface area (TPSA) is 73.4 Å². The molecule has 0 radical (unpaired) electrons. The number of hydrogen-bond acceptors (Lipinski definition) is 3. The van der Waals surface area contributed by atoms with Gasteiger partial charge < -0.3 is 21.1 Å². The number of aryl methyl sites for hydroxylation is 2. The van der Waals surface area contributed by atoms with Crippen molar-refractivity contribution in [3.63, 3.8) is 0 Å². The second-order valence-corrected chi connectivity index (χ2v) is 6.84. The largest absolute Gasteiger partial charge is 0.508 e. The SMILES string of the molecule is CC1=C(C(=O)Nc2cc(C)ccc2C)[C@@H](c2ccc(O)cc2)NC(=S)N1. The van der Waals surface area contributed by atoms with Gasteiger partial charge >= 0.3 is 0 Å². The van der Waals surface area contributed by atoms with Crippen LogP contribution in [-0.2, 0) is 4.79 Å². The Labute approximate surface area is 158 Å². The summed E-state index contributed by atoms with van der Waals surface area (Å²) in [6, 6.07) is 12.3. The Morgan fingerprint density at radius 2 is 1.81 bits per heavy atom. The number of aromatic hydroxyl groups is 1. The number of nitrogens with one attached hydrogen (secondary N) is 3. The van der Waals surface area contributed by atoms with Gasteiger partial charge in [-0.2, -0.15) is 0 Å². The van der Waals surface area contributed by atoms with Gasteiger partial charge in [-0.05, 0) is 67.9 Å². The maximum Gasteiger partial charge on any atom is 0.255 e. The molecule has 0 saturated heterocycles. The molecule has 0 aliphatic carbocycles. The second-order valence-electron chi connectivity index (χ2n) is 6.43. The minimum Gasteiger partial charge on any atom is -0.508 e. The summed E-state index contributed by atoms with van der Waals surface area (Å²) in [7, 11) is 0. The standard InChI is InChI=1S/C20H21N3O2S/c1-11-4-5-12(2)16(10-11)22-19(25)17-13(3)21-20(26)23-18(17)14-6-8-15(24)9-7-14/h4-10,18,24H,1-3H3,(H,22,25)(H2,21,23,26)/t18-/m1/s1. The minimum atomic E-state index is -0.394. The number of amides is 1. The molecule has 134 valence electrons. The van der Waals surface area contributed by atoms with E-state index in [1.54, 1.807) is 24.3 Å². The number of carbonyl (C=O) groups is 1. The molecule has 1 aliphatic rings. The average molecular weight is 367 g/mol. The molecule has 4 N–H and O–H groups in total. The van der Waals surface area contributed by atoms with Gasteiger partial charge in [0.25, 0.3) is 5.91 Å². The second kappa shape index (κ2) is 7.17. The van der Waals surface area contributed by atoms with E-state index in [1.165, 1.54) is 0 Å². The average Bonchev–Trinajstić information content (AvgIpc) is 2.58. The molecule has 0 spiro atoms. The Morgan fingerprint density at radius 3 is 2.50 bits per heavy atom. The van der Waals surface area contributed by atoms with E-state index in [0.717, 1.165) is 22.4 Å². The number of hydrogen-bond donors (Lipinski definition) is 4. The zero-order valence-electron chi connectivity index (χ0n) is 14.9. The number of thiocarbonyl (C=S) groups is 1. The van der Waals surface area contributed by atoms with Crippen molar-refractivity contribution in [2.75, 3.05) is 5.32 Å². The van der Waals surface area contributed by atoms with E-state index in [0.29, 0.717) is 16.4 Å². The predicted molar refractivity (Wildman–Crippen MR) is 107 cm³/mol. The highest BCUT2D eigenvalue weighted by Crippen LogP contribution is 2.29. The predicted octanol–water partition coefficient (Wildman–Crippen LogP) is 3.44. The number of anilines is 1. The van der Waals surface area contributed by atoms with E-state index in [1.807, 2.05) is 39.0 Å². The highest BCUT2D eigenvalue weighted by molar-refractivity contribution is 7.80. The summed E-state index contributed by atoms with van der Waals surface area (Å²) >= 11 is 5.26. The zero-order valence-corrected chi connectivity index (χ0v) is 15.7. The number of allylic oxidation sites excluding steroid dienone is 1. The summed E-state index contributed by atoms with van der Waals surface area (Å²) in [5, 5.41) is 19.2. The molecule has 2 aromatic carbocycles. The van der Waals surface area contributed by atoms with Crippen molar-refractivity contribution >= 4 is 28.9 Å². The van der Waals surface area contributed by atoms with Gasteiger partial charge in [0.1, 0.15) is 5.75 Å². The summed E-state index contributed by atoms with van der Waals surface area (Å²) in [4.78, 5) is 13.1. The van der Waals surface area contributed by atoms with Crippen LogP contribution in [0.1, 0.15) is 29.7 Å². The Hall–Kier alpha value is -2.86. The first-order chi connectivity index (χ1) is 12.3. The van der Waals surface area contributed by atoms with E-state index >= 15 is 0 Å². The third-order valence-corrected chi connectivity index (χ3v) is 4.60. The van der Waals surface area contributed by atoms with Gasteiger partial charge in [-0.1, -0.05) is 24.3 Å². The number of carbonyl (C=O) groups excluding carboxylic acids is 1. The minimum absolute atomic E-state index is 0.173. The van der Waals surface area contributed by atoms with Crippen LogP contribution in [0.3, 0.4) is 0 Å². The molecule has 0 unspecified atom stereocenters. The van der Waals surface area contributed by atoms with E-state index in [2.05, 4.69) is 16.0 Å². The van der Waals surface area contributed by atoms with E-state index in [-0.39, 0.29) is 11.7 Å². The molecular weight excluding hydrogens is 346 g/mol. The third kappa shape index (κ3) is 3.70. The highest BCUT2D eigenvalue weighted by Gasteiger charge is 2.30. The first kappa shape index (κ1) is 17.9. The van der Waals surface area contributed by atoms with Crippen molar-refractivity contribution in [3.8, 4) is 5.75 Å². The molecule has 3 rings (SSSR count). The summed E-state index contributed by atoms with van der Waals surface area (Å²) < 4.78 is 0. The van der Waals surface area contributed by atoms with E-state index in [9.17, 15) is 9.90 Å². The van der Waals surface area contributed by atoms with E-state index in [4.69, 9.17) is 12.2 Å². The molecule has 1 aliphatic heterocycles. The van der Waals surface area contributed by atoms with Crippen LogP contribution < -0.4 is 16.0 Å². The fourth-order valence-electron chi connectivity index (χ4n) is 2.97. The van der Waals surface area contributed by atoms with Crippen LogP contribution in [0, 0.1) is 13.8 Å². The lowest BCUT2D eigenvalue weighted by molar-refractivity contribution is -0.113. The Balaban J connectivity index is 1.96. The summed E-state index contributed by atoms with van der Waals surface area (Å²) in [6.07, 6.45) is 0. The van der Waals surface area contributed by atoms with Crippen LogP contribution in [0.4, 0.5) is 5.69 Å². The summed E-state index contributed by atoms with van der Waals surface area (Å²) in [6.45, 7) is 5.78. The zero-order chi connectivity index (χ0) is 18.8. The Morgan fingerprint density at radius 1 is 1.12 bits per heavy atom. The first-order valence-electron chi connectivity index (χ1n) is 8.31. The highest BCUT2D eigenvalue weighted by atomic mass is 32.1. The van der Waals surface area contributed by atoms with Crippen LogP contribution in [0.25, 0.3) is 0 Å². The van der Waals surface area contributed by atoms with E-state index < -0.39 is 6.04 Å². The van der Waals surface area contributed by atoms with Gasteiger partial charge in [-0.15, -0.1) is 0 Å². The molecule has 5 nitrogen and oxygen atoms in total.